The summed E-state index contributed by atoms with van der Waals surface area (Å²) in [7, 11) is 1.30. The van der Waals surface area contributed by atoms with E-state index in [4.69, 9.17) is 29.0 Å². The van der Waals surface area contributed by atoms with Crippen molar-refractivity contribution in [1.82, 2.24) is 19.5 Å². The first kappa shape index (κ1) is 23.6. The summed E-state index contributed by atoms with van der Waals surface area (Å²) in [6, 6.07) is 0. The molecule has 2 N–H and O–H groups in total. The number of nitrogens with two attached hydrogens (primary N) is 1. The van der Waals surface area contributed by atoms with Crippen molar-refractivity contribution in [3.8, 4) is 0 Å². The zero-order valence-electron chi connectivity index (χ0n) is 17.5. The average molecular weight is 471 g/mol. The van der Waals surface area contributed by atoms with E-state index in [1.807, 2.05) is 0 Å². The fourth-order valence-electron chi connectivity index (χ4n) is 3.16. The van der Waals surface area contributed by atoms with Crippen LogP contribution in [0.1, 0.15) is 27.0 Å². The molecule has 174 valence electrons. The largest absolute Gasteiger partial charge is 0.463 e. The van der Waals surface area contributed by atoms with Gasteiger partial charge in [-0.05, 0) is 0 Å². The first-order valence-electron chi connectivity index (χ1n) is 9.22. The molecular weight excluding hydrogens is 450 g/mol. The normalized spacial score (nSPS) is 22.6. The van der Waals surface area contributed by atoms with Crippen molar-refractivity contribution in [2.24, 2.45) is 0 Å². The van der Waals surface area contributed by atoms with Crippen LogP contribution in [0.2, 0.25) is 0 Å². The Balaban J connectivity index is 2.11. The minimum atomic E-state index is -1.15. The highest BCUT2D eigenvalue weighted by atomic mass is 32.2. The van der Waals surface area contributed by atoms with Gasteiger partial charge in [0.1, 0.15) is 31.1 Å². The molecule has 0 aliphatic carbocycles. The molecule has 2 aromatic rings. The fraction of sp³-hybridized carbons (Fsp3) is 0.529. The third-order valence-corrected chi connectivity index (χ3v) is 4.89. The Morgan fingerprint density at radius 2 is 1.81 bits per heavy atom. The van der Waals surface area contributed by atoms with Crippen LogP contribution in [0.3, 0.4) is 0 Å². The lowest BCUT2D eigenvalue weighted by Gasteiger charge is -2.24. The zero-order valence-corrected chi connectivity index (χ0v) is 18.4. The molecule has 1 aliphatic rings. The van der Waals surface area contributed by atoms with Gasteiger partial charge in [0.05, 0.1) is 7.11 Å². The summed E-state index contributed by atoms with van der Waals surface area (Å²) in [5.74, 6) is -1.79. The number of esters is 3. The first-order valence-corrected chi connectivity index (χ1v) is 9.96. The summed E-state index contributed by atoms with van der Waals surface area (Å²) in [6.45, 7) is 3.34. The molecule has 1 fully saturated rings. The molecule has 0 aromatic carbocycles. The van der Waals surface area contributed by atoms with Crippen molar-refractivity contribution in [2.45, 2.75) is 50.5 Å². The molecule has 0 bridgehead atoms. The molecule has 32 heavy (non-hydrogen) atoms. The molecule has 3 rings (SSSR count). The Labute approximate surface area is 185 Å². The average Bonchev–Trinajstić information content (AvgIpc) is 3.23. The standard InChI is InChI=1S/C17H21N5O9S/c1-7(23)27-5-10-12(28-8(2)24)13(29-9(3)25)16(30-10)22-15-11(14(18)19-6-20-15)21-17(22)32-31-26-4/h6,10,12-13,16H,5H2,1-4H3,(H2,18,19,20). The molecule has 2 aromatic heterocycles. The number of rotatable bonds is 8. The minimum absolute atomic E-state index is 0.0862. The monoisotopic (exact) mass is 471 g/mol. The summed E-state index contributed by atoms with van der Waals surface area (Å²) >= 11 is 0.717. The summed E-state index contributed by atoms with van der Waals surface area (Å²) in [5, 5.41) is 0.172. The van der Waals surface area contributed by atoms with Crippen LogP contribution in [0.4, 0.5) is 5.82 Å². The topological polar surface area (TPSA) is 176 Å². The van der Waals surface area contributed by atoms with Crippen LogP contribution in [0, 0.1) is 0 Å². The molecule has 15 heteroatoms. The highest BCUT2D eigenvalue weighted by Crippen LogP contribution is 2.39. The summed E-state index contributed by atoms with van der Waals surface area (Å²) in [4.78, 5) is 52.0. The third kappa shape index (κ3) is 5.07. The van der Waals surface area contributed by atoms with Crippen LogP contribution in [0.15, 0.2) is 11.5 Å². The first-order chi connectivity index (χ1) is 15.2. The highest BCUT2D eigenvalue weighted by molar-refractivity contribution is 7.94. The number of nitrogen functional groups attached to an aromatic ring is 1. The van der Waals surface area contributed by atoms with Gasteiger partial charge < -0.3 is 24.7 Å². The van der Waals surface area contributed by atoms with Crippen molar-refractivity contribution in [3.05, 3.63) is 6.33 Å². The fourth-order valence-corrected chi connectivity index (χ4v) is 3.69. The van der Waals surface area contributed by atoms with E-state index in [1.54, 1.807) is 0 Å². The van der Waals surface area contributed by atoms with Gasteiger partial charge in [-0.25, -0.2) is 19.8 Å². The lowest BCUT2D eigenvalue weighted by atomic mass is 10.1. The van der Waals surface area contributed by atoms with E-state index in [9.17, 15) is 14.4 Å². The molecule has 1 aliphatic heterocycles. The Bertz CT molecular complexity index is 1020. The minimum Gasteiger partial charge on any atom is -0.463 e. The molecule has 3 heterocycles. The van der Waals surface area contributed by atoms with Crippen molar-refractivity contribution in [3.63, 3.8) is 0 Å². The van der Waals surface area contributed by atoms with Gasteiger partial charge in [0.2, 0.25) is 5.16 Å². The molecule has 14 nitrogen and oxygen atoms in total. The van der Waals surface area contributed by atoms with Crippen LogP contribution in [0.25, 0.3) is 11.2 Å². The maximum Gasteiger partial charge on any atom is 0.303 e. The van der Waals surface area contributed by atoms with E-state index in [-0.39, 0.29) is 28.7 Å². The summed E-state index contributed by atoms with van der Waals surface area (Å²) < 4.78 is 28.3. The predicted octanol–water partition coefficient (Wildman–Crippen LogP) is 0.317. The second-order valence-electron chi connectivity index (χ2n) is 6.53. The van der Waals surface area contributed by atoms with Gasteiger partial charge in [-0.15, -0.1) is 0 Å². The lowest BCUT2D eigenvalue weighted by molar-refractivity contribution is -0.166. The number of carbonyl (C=O) groups is 3. The summed E-state index contributed by atoms with van der Waals surface area (Å²) in [6.07, 6.45) is -3.09. The number of aromatic nitrogens is 4. The number of fused-ring (bicyclic) bond motifs is 1. The van der Waals surface area contributed by atoms with Crippen LogP contribution < -0.4 is 5.73 Å². The smallest absolute Gasteiger partial charge is 0.303 e. The van der Waals surface area contributed by atoms with Gasteiger partial charge in [0, 0.05) is 20.8 Å². The van der Waals surface area contributed by atoms with Crippen LogP contribution in [0.5, 0.6) is 0 Å². The Kier molecular flexibility index (Phi) is 7.44. The molecular formula is C17H21N5O9S. The zero-order chi connectivity index (χ0) is 23.4. The van der Waals surface area contributed by atoms with Crippen molar-refractivity contribution < 1.29 is 42.6 Å². The van der Waals surface area contributed by atoms with E-state index in [1.165, 1.54) is 38.8 Å². The van der Waals surface area contributed by atoms with E-state index in [0.717, 1.165) is 0 Å². The molecule has 4 unspecified atom stereocenters. The lowest BCUT2D eigenvalue weighted by Crippen LogP contribution is -2.40. The van der Waals surface area contributed by atoms with Gasteiger partial charge in [0.25, 0.3) is 0 Å². The quantitative estimate of drug-likeness (QED) is 0.183. The van der Waals surface area contributed by atoms with Gasteiger partial charge >= 0.3 is 17.9 Å². The highest BCUT2D eigenvalue weighted by Gasteiger charge is 2.51. The number of carbonyl (C=O) groups excluding carboxylic acids is 3. The molecule has 4 atom stereocenters. The van der Waals surface area contributed by atoms with E-state index >= 15 is 0 Å². The maximum absolute atomic E-state index is 11.9. The second-order valence-corrected chi connectivity index (χ2v) is 7.20. The Hall–Kier alpha value is -3.01. The van der Waals surface area contributed by atoms with Crippen LogP contribution >= 0.6 is 12.0 Å². The van der Waals surface area contributed by atoms with E-state index in [2.05, 4.69) is 19.8 Å². The maximum atomic E-state index is 11.9. The number of hydrogen-bond donors (Lipinski definition) is 1. The Morgan fingerprint density at radius 1 is 1.12 bits per heavy atom. The number of hydrogen-bond acceptors (Lipinski definition) is 14. The van der Waals surface area contributed by atoms with E-state index < -0.39 is 42.4 Å². The predicted molar refractivity (Wildman–Crippen MR) is 105 cm³/mol. The van der Waals surface area contributed by atoms with Crippen molar-refractivity contribution in [1.29, 1.82) is 0 Å². The van der Waals surface area contributed by atoms with Gasteiger partial charge in [-0.2, -0.15) is 4.33 Å². The molecule has 0 saturated carbocycles. The number of imidazole rings is 1. The molecule has 0 spiro atoms. The van der Waals surface area contributed by atoms with Gasteiger partial charge in [-0.3, -0.25) is 19.0 Å². The van der Waals surface area contributed by atoms with Crippen molar-refractivity contribution >= 4 is 46.9 Å². The third-order valence-electron chi connectivity index (χ3n) is 4.24. The van der Waals surface area contributed by atoms with Crippen molar-refractivity contribution in [2.75, 3.05) is 19.5 Å². The Morgan fingerprint density at radius 3 is 2.44 bits per heavy atom. The van der Waals surface area contributed by atoms with Gasteiger partial charge in [-0.1, -0.05) is 0 Å². The molecule has 0 radical (unpaired) electrons. The number of ether oxygens (including phenoxy) is 4. The summed E-state index contributed by atoms with van der Waals surface area (Å²) in [5.41, 5.74) is 6.38. The van der Waals surface area contributed by atoms with Crippen LogP contribution in [-0.4, -0.2) is 69.5 Å². The molecule has 1 saturated heterocycles. The van der Waals surface area contributed by atoms with E-state index in [0.29, 0.717) is 12.0 Å². The van der Waals surface area contributed by atoms with Crippen LogP contribution in [-0.2, 0) is 42.6 Å². The SMILES string of the molecule is COOSc1nc2c(N)ncnc2n1C1OC(COC(C)=O)C(OC(C)=O)C1OC(C)=O. The number of anilines is 1. The number of nitrogens with zero attached hydrogens (tertiary/aromatic N) is 4. The molecule has 0 amide bonds. The van der Waals surface area contributed by atoms with Gasteiger partial charge in [0.15, 0.2) is 35.4 Å². The second kappa shape index (κ2) is 10.1.